The van der Waals surface area contributed by atoms with Gasteiger partial charge in [0.1, 0.15) is 11.3 Å². The number of hydrogen-bond donors (Lipinski definition) is 1. The molecule has 0 spiro atoms. The third-order valence-electron chi connectivity index (χ3n) is 2.90. The summed E-state index contributed by atoms with van der Waals surface area (Å²) in [7, 11) is 0. The van der Waals surface area contributed by atoms with Crippen LogP contribution in [0.5, 0.6) is 0 Å². The number of aromatic nitrogens is 1. The molecule has 3 aromatic rings. The molecule has 1 N–H and O–H groups in total. The van der Waals surface area contributed by atoms with Gasteiger partial charge in [-0.3, -0.25) is 0 Å². The van der Waals surface area contributed by atoms with Crippen molar-refractivity contribution in [1.82, 2.24) is 10.3 Å². The van der Waals surface area contributed by atoms with Gasteiger partial charge in [0.25, 0.3) is 0 Å². The standard InChI is InChI=1S/C14H13ClN2O2/c1-9-6-17-13(18-9)8-16-7-11-10-4-2-3-5-12(10)19-14(11)15/h2-6,16H,7-8H2,1H3. The predicted molar refractivity (Wildman–Crippen MR) is 73.0 cm³/mol. The van der Waals surface area contributed by atoms with Gasteiger partial charge in [-0.1, -0.05) is 18.2 Å². The molecule has 0 aliphatic carbocycles. The van der Waals surface area contributed by atoms with Crippen molar-refractivity contribution in [2.24, 2.45) is 0 Å². The first-order valence-corrected chi connectivity index (χ1v) is 6.40. The van der Waals surface area contributed by atoms with Crippen molar-refractivity contribution in [3.05, 3.63) is 52.9 Å². The largest absolute Gasteiger partial charge is 0.445 e. The fourth-order valence-corrected chi connectivity index (χ4v) is 2.26. The molecule has 0 saturated heterocycles. The minimum atomic E-state index is 0.428. The molecule has 5 heteroatoms. The average molecular weight is 277 g/mol. The van der Waals surface area contributed by atoms with Crippen LogP contribution in [0, 0.1) is 6.92 Å². The van der Waals surface area contributed by atoms with Gasteiger partial charge in [0, 0.05) is 17.5 Å². The van der Waals surface area contributed by atoms with Crippen LogP contribution in [0.3, 0.4) is 0 Å². The second-order valence-corrected chi connectivity index (χ2v) is 4.66. The van der Waals surface area contributed by atoms with E-state index in [9.17, 15) is 0 Å². The van der Waals surface area contributed by atoms with E-state index in [0.717, 1.165) is 22.3 Å². The molecule has 3 rings (SSSR count). The fraction of sp³-hybridized carbons (Fsp3) is 0.214. The molecule has 0 bridgehead atoms. The number of fused-ring (bicyclic) bond motifs is 1. The van der Waals surface area contributed by atoms with Crippen LogP contribution in [-0.2, 0) is 13.1 Å². The normalized spacial score (nSPS) is 11.3. The van der Waals surface area contributed by atoms with E-state index in [1.54, 1.807) is 6.20 Å². The number of benzene rings is 1. The van der Waals surface area contributed by atoms with Crippen molar-refractivity contribution in [3.8, 4) is 0 Å². The van der Waals surface area contributed by atoms with Crippen LogP contribution in [0.1, 0.15) is 17.2 Å². The number of nitrogens with zero attached hydrogens (tertiary/aromatic N) is 1. The number of furan rings is 1. The number of hydrogen-bond acceptors (Lipinski definition) is 4. The van der Waals surface area contributed by atoms with Gasteiger partial charge < -0.3 is 14.2 Å². The lowest BCUT2D eigenvalue weighted by molar-refractivity contribution is 0.448. The molecule has 0 radical (unpaired) electrons. The Bertz CT molecular complexity index is 702. The minimum absolute atomic E-state index is 0.428. The van der Waals surface area contributed by atoms with Crippen molar-refractivity contribution in [2.45, 2.75) is 20.0 Å². The van der Waals surface area contributed by atoms with Gasteiger partial charge >= 0.3 is 0 Å². The lowest BCUT2D eigenvalue weighted by Gasteiger charge is -2.01. The summed E-state index contributed by atoms with van der Waals surface area (Å²) in [6, 6.07) is 7.79. The molecule has 0 amide bonds. The molecule has 4 nitrogen and oxygen atoms in total. The molecule has 19 heavy (non-hydrogen) atoms. The zero-order valence-corrected chi connectivity index (χ0v) is 11.2. The van der Waals surface area contributed by atoms with Crippen LogP contribution in [0.15, 0.2) is 39.3 Å². The van der Waals surface area contributed by atoms with Gasteiger partial charge in [-0.25, -0.2) is 4.98 Å². The molecule has 0 aliphatic heterocycles. The summed E-state index contributed by atoms with van der Waals surface area (Å²) in [4.78, 5) is 4.13. The molecule has 0 atom stereocenters. The Morgan fingerprint density at radius 1 is 1.21 bits per heavy atom. The minimum Gasteiger partial charge on any atom is -0.445 e. The summed E-state index contributed by atoms with van der Waals surface area (Å²) < 4.78 is 10.9. The van der Waals surface area contributed by atoms with Crippen molar-refractivity contribution >= 4 is 22.6 Å². The molecule has 0 unspecified atom stereocenters. The maximum Gasteiger partial charge on any atom is 0.208 e. The maximum absolute atomic E-state index is 6.11. The molecule has 2 heterocycles. The van der Waals surface area contributed by atoms with E-state index in [2.05, 4.69) is 10.3 Å². The molecule has 0 fully saturated rings. The van der Waals surface area contributed by atoms with Gasteiger partial charge in [0.05, 0.1) is 12.7 Å². The van der Waals surface area contributed by atoms with Crippen LogP contribution in [0.25, 0.3) is 11.0 Å². The Kier molecular flexibility index (Phi) is 3.27. The molecular weight excluding hydrogens is 264 g/mol. The Balaban J connectivity index is 1.73. The summed E-state index contributed by atoms with van der Waals surface area (Å²) in [5, 5.41) is 4.71. The fourth-order valence-electron chi connectivity index (χ4n) is 2.01. The van der Waals surface area contributed by atoms with Crippen LogP contribution in [0.2, 0.25) is 5.22 Å². The highest BCUT2D eigenvalue weighted by Gasteiger charge is 2.11. The second kappa shape index (κ2) is 5.07. The van der Waals surface area contributed by atoms with Crippen LogP contribution in [-0.4, -0.2) is 4.98 Å². The summed E-state index contributed by atoms with van der Waals surface area (Å²) in [5.41, 5.74) is 1.76. The van der Waals surface area contributed by atoms with Crippen LogP contribution < -0.4 is 5.32 Å². The molecule has 0 aliphatic rings. The number of oxazole rings is 1. The monoisotopic (exact) mass is 276 g/mol. The highest BCUT2D eigenvalue weighted by Crippen LogP contribution is 2.29. The lowest BCUT2D eigenvalue weighted by atomic mass is 10.2. The number of aryl methyl sites for hydroxylation is 1. The highest BCUT2D eigenvalue weighted by molar-refractivity contribution is 6.30. The van der Waals surface area contributed by atoms with E-state index in [-0.39, 0.29) is 0 Å². The number of halogens is 1. The topological polar surface area (TPSA) is 51.2 Å². The summed E-state index contributed by atoms with van der Waals surface area (Å²) in [6.45, 7) is 3.04. The van der Waals surface area contributed by atoms with Gasteiger partial charge in [-0.15, -0.1) is 0 Å². The molecule has 98 valence electrons. The zero-order valence-electron chi connectivity index (χ0n) is 10.4. The first kappa shape index (κ1) is 12.3. The molecule has 2 aromatic heterocycles. The maximum atomic E-state index is 6.11. The quantitative estimate of drug-likeness (QED) is 0.790. The van der Waals surface area contributed by atoms with Crippen molar-refractivity contribution < 1.29 is 8.83 Å². The third kappa shape index (κ3) is 2.50. The average Bonchev–Trinajstić information content (AvgIpc) is 2.94. The van der Waals surface area contributed by atoms with E-state index in [1.165, 1.54) is 0 Å². The Morgan fingerprint density at radius 2 is 2.05 bits per heavy atom. The smallest absolute Gasteiger partial charge is 0.208 e. The first-order valence-electron chi connectivity index (χ1n) is 6.02. The number of nitrogens with one attached hydrogen (secondary N) is 1. The van der Waals surface area contributed by atoms with Crippen molar-refractivity contribution in [2.75, 3.05) is 0 Å². The Hall–Kier alpha value is -1.78. The van der Waals surface area contributed by atoms with Crippen LogP contribution in [0.4, 0.5) is 0 Å². The highest BCUT2D eigenvalue weighted by atomic mass is 35.5. The van der Waals surface area contributed by atoms with Gasteiger partial charge in [-0.05, 0) is 24.6 Å². The second-order valence-electron chi connectivity index (χ2n) is 4.32. The summed E-state index contributed by atoms with van der Waals surface area (Å²) in [6.07, 6.45) is 1.71. The van der Waals surface area contributed by atoms with Crippen LogP contribution >= 0.6 is 11.6 Å². The summed E-state index contributed by atoms with van der Waals surface area (Å²) in [5.74, 6) is 1.48. The Morgan fingerprint density at radius 3 is 2.84 bits per heavy atom. The van der Waals surface area contributed by atoms with Gasteiger partial charge in [0.2, 0.25) is 5.89 Å². The molecule has 1 aromatic carbocycles. The molecular formula is C14H13ClN2O2. The van der Waals surface area contributed by atoms with E-state index < -0.39 is 0 Å². The summed E-state index contributed by atoms with van der Waals surface area (Å²) >= 11 is 6.11. The van der Waals surface area contributed by atoms with E-state index in [0.29, 0.717) is 24.2 Å². The van der Waals surface area contributed by atoms with Gasteiger partial charge in [0.15, 0.2) is 5.22 Å². The van der Waals surface area contributed by atoms with Crippen molar-refractivity contribution in [3.63, 3.8) is 0 Å². The Labute approximate surface area is 115 Å². The predicted octanol–water partition coefficient (Wildman–Crippen LogP) is 3.67. The van der Waals surface area contributed by atoms with E-state index >= 15 is 0 Å². The third-order valence-corrected chi connectivity index (χ3v) is 3.20. The first-order chi connectivity index (χ1) is 9.24. The lowest BCUT2D eigenvalue weighted by Crippen LogP contribution is -2.12. The van der Waals surface area contributed by atoms with Crippen molar-refractivity contribution in [1.29, 1.82) is 0 Å². The SMILES string of the molecule is Cc1cnc(CNCc2c(Cl)oc3ccccc23)o1. The zero-order chi connectivity index (χ0) is 13.2. The van der Waals surface area contributed by atoms with Gasteiger partial charge in [-0.2, -0.15) is 0 Å². The number of rotatable bonds is 4. The molecule has 0 saturated carbocycles. The van der Waals surface area contributed by atoms with E-state index in [4.69, 9.17) is 20.4 Å². The number of para-hydroxylation sites is 1. The van der Waals surface area contributed by atoms with E-state index in [1.807, 2.05) is 31.2 Å².